The summed E-state index contributed by atoms with van der Waals surface area (Å²) in [7, 11) is 0. The highest BCUT2D eigenvalue weighted by molar-refractivity contribution is 5.10. The quantitative estimate of drug-likeness (QED) is 0.337. The summed E-state index contributed by atoms with van der Waals surface area (Å²) in [6.07, 6.45) is 36.2. The highest BCUT2D eigenvalue weighted by atomic mass is 15.2. The molecule has 4 nitrogen and oxygen atoms in total. The molecule has 0 N–H and O–H groups in total. The molecular formula is C34H60N4. The Morgan fingerprint density at radius 1 is 0.289 bits per heavy atom. The van der Waals surface area contributed by atoms with Gasteiger partial charge in [-0.05, 0) is 51.4 Å². The standard InChI is InChI=1S/C34H60N4/c35-31-33(27-23-19-15-11-7-3-1-4-8-12-16-20-24-28-33)37-38-34(32-36)29-25-21-17-13-9-5-2-6-10-14-18-22-26-30-34/h1-30H2/b38-37+. The molecule has 216 valence electrons. The van der Waals surface area contributed by atoms with Crippen LogP contribution >= 0.6 is 0 Å². The van der Waals surface area contributed by atoms with Crippen molar-refractivity contribution in [3.05, 3.63) is 0 Å². The molecule has 2 rings (SSSR count). The van der Waals surface area contributed by atoms with Gasteiger partial charge in [-0.3, -0.25) is 0 Å². The average molecular weight is 525 g/mol. The van der Waals surface area contributed by atoms with Crippen molar-refractivity contribution in [3.8, 4) is 12.1 Å². The monoisotopic (exact) mass is 524 g/mol. The lowest BCUT2D eigenvalue weighted by Gasteiger charge is -2.26. The molecular weight excluding hydrogens is 464 g/mol. The Morgan fingerprint density at radius 3 is 0.605 bits per heavy atom. The molecule has 0 spiro atoms. The van der Waals surface area contributed by atoms with E-state index in [0.717, 1.165) is 51.4 Å². The molecule has 0 heterocycles. The van der Waals surface area contributed by atoms with Crippen molar-refractivity contribution in [2.75, 3.05) is 0 Å². The van der Waals surface area contributed by atoms with Gasteiger partial charge in [0.05, 0.1) is 12.1 Å². The van der Waals surface area contributed by atoms with E-state index in [1.165, 1.54) is 141 Å². The number of hydrogen-bond donors (Lipinski definition) is 0. The molecule has 0 amide bonds. The Balaban J connectivity index is 2.08. The fraction of sp³-hybridized carbons (Fsp3) is 0.941. The van der Waals surface area contributed by atoms with E-state index >= 15 is 0 Å². The highest BCUT2D eigenvalue weighted by Crippen LogP contribution is 2.33. The third-order valence-electron chi connectivity index (χ3n) is 9.21. The molecule has 0 aliphatic heterocycles. The van der Waals surface area contributed by atoms with Crippen molar-refractivity contribution >= 4 is 0 Å². The van der Waals surface area contributed by atoms with Gasteiger partial charge in [0.15, 0.2) is 11.1 Å². The molecule has 2 aliphatic rings. The van der Waals surface area contributed by atoms with E-state index in [1.807, 2.05) is 0 Å². The van der Waals surface area contributed by atoms with Gasteiger partial charge in [0, 0.05) is 0 Å². The molecule has 2 saturated carbocycles. The summed E-state index contributed by atoms with van der Waals surface area (Å²) in [4.78, 5) is 0. The third-order valence-corrected chi connectivity index (χ3v) is 9.21. The minimum atomic E-state index is -0.740. The second-order valence-electron chi connectivity index (χ2n) is 12.7. The Kier molecular flexibility index (Phi) is 18.5. The smallest absolute Gasteiger partial charge is 0.167 e. The minimum Gasteiger partial charge on any atom is -0.196 e. The molecule has 0 bridgehead atoms. The van der Waals surface area contributed by atoms with Crippen LogP contribution in [-0.4, -0.2) is 11.1 Å². The SMILES string of the molecule is N#CC1(/N=N/C2(C#N)CCCCCCCCCCCCCCC2)CCCCCCCCCCCCCCC1. The first kappa shape index (κ1) is 32.8. The van der Waals surface area contributed by atoms with Crippen molar-refractivity contribution in [2.24, 2.45) is 10.2 Å². The number of azo groups is 1. The van der Waals surface area contributed by atoms with E-state index in [4.69, 9.17) is 10.2 Å². The molecule has 0 radical (unpaired) electrons. The lowest BCUT2D eigenvalue weighted by atomic mass is 9.87. The van der Waals surface area contributed by atoms with Gasteiger partial charge in [0.1, 0.15) is 0 Å². The van der Waals surface area contributed by atoms with E-state index in [1.54, 1.807) is 0 Å². The highest BCUT2D eigenvalue weighted by Gasteiger charge is 2.34. The van der Waals surface area contributed by atoms with Crippen molar-refractivity contribution in [1.29, 1.82) is 10.5 Å². The molecule has 0 unspecified atom stereocenters. The summed E-state index contributed by atoms with van der Waals surface area (Å²) in [5.41, 5.74) is -1.48. The van der Waals surface area contributed by atoms with E-state index in [0.29, 0.717) is 0 Å². The number of rotatable bonds is 2. The van der Waals surface area contributed by atoms with Crippen molar-refractivity contribution in [2.45, 2.75) is 204 Å². The fourth-order valence-corrected chi connectivity index (χ4v) is 6.47. The Hall–Kier alpha value is -1.42. The summed E-state index contributed by atoms with van der Waals surface area (Å²) in [5, 5.41) is 30.5. The van der Waals surface area contributed by atoms with Gasteiger partial charge in [-0.15, -0.1) is 0 Å². The molecule has 2 aliphatic carbocycles. The number of nitrogens with zero attached hydrogens (tertiary/aromatic N) is 4. The van der Waals surface area contributed by atoms with Gasteiger partial charge in [0.25, 0.3) is 0 Å². The molecule has 0 saturated heterocycles. The van der Waals surface area contributed by atoms with Crippen LogP contribution in [0.25, 0.3) is 0 Å². The van der Waals surface area contributed by atoms with Crippen LogP contribution in [0.4, 0.5) is 0 Å². The van der Waals surface area contributed by atoms with Crippen LogP contribution in [0, 0.1) is 22.7 Å². The van der Waals surface area contributed by atoms with Gasteiger partial charge in [0.2, 0.25) is 0 Å². The van der Waals surface area contributed by atoms with Crippen LogP contribution in [0.15, 0.2) is 10.2 Å². The van der Waals surface area contributed by atoms with Crippen LogP contribution < -0.4 is 0 Å². The Morgan fingerprint density at radius 2 is 0.447 bits per heavy atom. The second kappa shape index (κ2) is 21.4. The van der Waals surface area contributed by atoms with Crippen LogP contribution in [0.1, 0.15) is 193 Å². The molecule has 0 aromatic rings. The zero-order chi connectivity index (χ0) is 27.0. The molecule has 4 heteroatoms. The van der Waals surface area contributed by atoms with Crippen LogP contribution in [0.2, 0.25) is 0 Å². The number of nitriles is 2. The van der Waals surface area contributed by atoms with Crippen LogP contribution in [0.5, 0.6) is 0 Å². The minimum absolute atomic E-state index is 0.740. The first-order chi connectivity index (χ1) is 18.7. The van der Waals surface area contributed by atoms with E-state index in [9.17, 15) is 10.5 Å². The predicted octanol–water partition coefficient (Wildman–Crippen LogP) is 11.7. The lowest BCUT2D eigenvalue weighted by Crippen LogP contribution is -2.29. The maximum absolute atomic E-state index is 10.4. The van der Waals surface area contributed by atoms with Crippen molar-refractivity contribution < 1.29 is 0 Å². The molecule has 0 atom stereocenters. The first-order valence-electron chi connectivity index (χ1n) is 17.0. The maximum atomic E-state index is 10.4. The zero-order valence-corrected chi connectivity index (χ0v) is 25.0. The Labute approximate surface area is 236 Å². The van der Waals surface area contributed by atoms with Gasteiger partial charge >= 0.3 is 0 Å². The normalized spacial score (nSPS) is 25.1. The lowest BCUT2D eigenvalue weighted by molar-refractivity contribution is 0.348. The van der Waals surface area contributed by atoms with Gasteiger partial charge in [-0.2, -0.15) is 20.8 Å². The average Bonchev–Trinajstić information content (AvgIpc) is 2.93. The maximum Gasteiger partial charge on any atom is 0.167 e. The van der Waals surface area contributed by atoms with Gasteiger partial charge < -0.3 is 0 Å². The van der Waals surface area contributed by atoms with Crippen LogP contribution in [-0.2, 0) is 0 Å². The summed E-state index contributed by atoms with van der Waals surface area (Å²) in [5.74, 6) is 0. The molecule has 0 aromatic heterocycles. The molecule has 2 fully saturated rings. The van der Waals surface area contributed by atoms with Gasteiger partial charge in [-0.1, -0.05) is 141 Å². The largest absolute Gasteiger partial charge is 0.196 e. The van der Waals surface area contributed by atoms with Crippen LogP contribution in [0.3, 0.4) is 0 Å². The number of hydrogen-bond acceptors (Lipinski definition) is 4. The van der Waals surface area contributed by atoms with Crippen molar-refractivity contribution in [1.82, 2.24) is 0 Å². The third kappa shape index (κ3) is 14.7. The van der Waals surface area contributed by atoms with E-state index in [2.05, 4.69) is 12.1 Å². The Bertz CT molecular complexity index is 596. The summed E-state index contributed by atoms with van der Waals surface area (Å²) < 4.78 is 0. The second-order valence-corrected chi connectivity index (χ2v) is 12.7. The summed E-state index contributed by atoms with van der Waals surface area (Å²) >= 11 is 0. The molecule has 38 heavy (non-hydrogen) atoms. The summed E-state index contributed by atoms with van der Waals surface area (Å²) in [6.45, 7) is 0. The zero-order valence-electron chi connectivity index (χ0n) is 25.0. The fourth-order valence-electron chi connectivity index (χ4n) is 6.47. The molecule has 0 aromatic carbocycles. The topological polar surface area (TPSA) is 72.3 Å². The predicted molar refractivity (Wildman–Crippen MR) is 160 cm³/mol. The van der Waals surface area contributed by atoms with Gasteiger partial charge in [-0.25, -0.2) is 0 Å². The van der Waals surface area contributed by atoms with Crippen molar-refractivity contribution in [3.63, 3.8) is 0 Å². The first-order valence-corrected chi connectivity index (χ1v) is 17.0. The summed E-state index contributed by atoms with van der Waals surface area (Å²) in [6, 6.07) is 5.25. The van der Waals surface area contributed by atoms with E-state index in [-0.39, 0.29) is 0 Å². The van der Waals surface area contributed by atoms with E-state index < -0.39 is 11.1 Å².